The average molecular weight is 356 g/mol. The van der Waals surface area contributed by atoms with Gasteiger partial charge in [-0.15, -0.1) is 26.3 Å². The highest BCUT2D eigenvalue weighted by molar-refractivity contribution is 5.62. The Balaban J connectivity index is 0.000000948. The molecule has 1 fully saturated rings. The summed E-state index contributed by atoms with van der Waals surface area (Å²) < 4.78 is 5.94. The van der Waals surface area contributed by atoms with Crippen LogP contribution in [-0.2, 0) is 0 Å². The van der Waals surface area contributed by atoms with Gasteiger partial charge in [0.15, 0.2) is 11.7 Å². The summed E-state index contributed by atoms with van der Waals surface area (Å²) in [5.41, 5.74) is 5.00. The maximum absolute atomic E-state index is 5.94. The van der Waals surface area contributed by atoms with E-state index in [9.17, 15) is 0 Å². The lowest BCUT2D eigenvalue weighted by Crippen LogP contribution is -2.06. The Morgan fingerprint density at radius 2 is 1.46 bits per heavy atom. The SMILES string of the molecule is C=C.C=C.CC.Cc1nc(C2CCCCC2)c(-c2ccc(C)c(C)c2)o1. The predicted octanol–water partition coefficient (Wildman–Crippen LogP) is 7.95. The average Bonchev–Trinajstić information content (AvgIpc) is 3.11. The molecule has 0 radical (unpaired) electrons. The van der Waals surface area contributed by atoms with Crippen LogP contribution in [0.3, 0.4) is 0 Å². The normalized spacial score (nSPS) is 13.3. The van der Waals surface area contributed by atoms with Crippen LogP contribution in [-0.4, -0.2) is 4.98 Å². The lowest BCUT2D eigenvalue weighted by molar-refractivity contribution is 0.437. The van der Waals surface area contributed by atoms with E-state index >= 15 is 0 Å². The molecule has 1 aromatic carbocycles. The Morgan fingerprint density at radius 3 is 2.00 bits per heavy atom. The second-order valence-electron chi connectivity index (χ2n) is 6.08. The molecule has 1 saturated carbocycles. The van der Waals surface area contributed by atoms with Crippen LogP contribution in [0.5, 0.6) is 0 Å². The summed E-state index contributed by atoms with van der Waals surface area (Å²) in [6.07, 6.45) is 6.52. The molecule has 1 aliphatic rings. The molecule has 0 bridgehead atoms. The highest BCUT2D eigenvalue weighted by Gasteiger charge is 2.24. The summed E-state index contributed by atoms with van der Waals surface area (Å²) in [7, 11) is 0. The molecule has 144 valence electrons. The van der Waals surface area contributed by atoms with Gasteiger partial charge in [-0.1, -0.05) is 45.2 Å². The molecule has 1 aliphatic carbocycles. The van der Waals surface area contributed by atoms with Crippen molar-refractivity contribution >= 4 is 0 Å². The Labute approximate surface area is 161 Å². The fourth-order valence-corrected chi connectivity index (χ4v) is 3.19. The van der Waals surface area contributed by atoms with E-state index in [1.807, 2.05) is 20.8 Å². The van der Waals surface area contributed by atoms with Crippen molar-refractivity contribution in [1.82, 2.24) is 4.98 Å². The Hall–Kier alpha value is -2.09. The molecule has 2 heteroatoms. The molecule has 2 nitrogen and oxygen atoms in total. The lowest BCUT2D eigenvalue weighted by Gasteiger charge is -2.20. The molecule has 3 rings (SSSR count). The van der Waals surface area contributed by atoms with Crippen molar-refractivity contribution in [3.63, 3.8) is 0 Å². The van der Waals surface area contributed by atoms with Crippen LogP contribution in [0.15, 0.2) is 48.9 Å². The van der Waals surface area contributed by atoms with Crippen molar-refractivity contribution in [2.75, 3.05) is 0 Å². The zero-order valence-corrected chi connectivity index (χ0v) is 17.5. The zero-order valence-electron chi connectivity index (χ0n) is 17.5. The van der Waals surface area contributed by atoms with Crippen LogP contribution >= 0.6 is 0 Å². The predicted molar refractivity (Wildman–Crippen MR) is 116 cm³/mol. The topological polar surface area (TPSA) is 26.0 Å². The first-order valence-electron chi connectivity index (χ1n) is 9.70. The van der Waals surface area contributed by atoms with Crippen LogP contribution in [0.25, 0.3) is 11.3 Å². The molecular formula is C24H37NO. The van der Waals surface area contributed by atoms with E-state index in [2.05, 4.69) is 58.4 Å². The molecule has 2 aromatic rings. The molecule has 0 saturated heterocycles. The third-order valence-corrected chi connectivity index (χ3v) is 4.52. The summed E-state index contributed by atoms with van der Waals surface area (Å²) in [4.78, 5) is 4.70. The van der Waals surface area contributed by atoms with Crippen molar-refractivity contribution < 1.29 is 4.42 Å². The van der Waals surface area contributed by atoms with E-state index in [0.29, 0.717) is 5.92 Å². The summed E-state index contributed by atoms with van der Waals surface area (Å²) in [6.45, 7) is 22.3. The summed E-state index contributed by atoms with van der Waals surface area (Å²) in [5, 5.41) is 0. The van der Waals surface area contributed by atoms with E-state index in [1.165, 1.54) is 54.5 Å². The summed E-state index contributed by atoms with van der Waals surface area (Å²) >= 11 is 0. The quantitative estimate of drug-likeness (QED) is 0.511. The number of oxazole rings is 1. The van der Waals surface area contributed by atoms with Gasteiger partial charge in [0.25, 0.3) is 0 Å². The number of hydrogen-bond donors (Lipinski definition) is 0. The molecule has 0 N–H and O–H groups in total. The number of rotatable bonds is 2. The van der Waals surface area contributed by atoms with Crippen LogP contribution < -0.4 is 0 Å². The van der Waals surface area contributed by atoms with E-state index in [-0.39, 0.29) is 0 Å². The van der Waals surface area contributed by atoms with Gasteiger partial charge in [-0.25, -0.2) is 4.98 Å². The standard InChI is InChI=1S/C18H23NO.C2H6.2C2H4/c1-12-9-10-16(11-13(12)2)18-17(19-14(3)20-18)15-7-5-4-6-8-15;3*1-2/h9-11,15H,4-8H2,1-3H3;1-2H3;2*1-2H2. The highest BCUT2D eigenvalue weighted by atomic mass is 16.4. The first-order chi connectivity index (χ1) is 12.6. The summed E-state index contributed by atoms with van der Waals surface area (Å²) in [5.74, 6) is 2.37. The van der Waals surface area contributed by atoms with E-state index in [4.69, 9.17) is 9.40 Å². The molecular weight excluding hydrogens is 318 g/mol. The van der Waals surface area contributed by atoms with Gasteiger partial charge in [0.1, 0.15) is 0 Å². The van der Waals surface area contributed by atoms with Gasteiger partial charge in [0, 0.05) is 18.4 Å². The molecule has 1 heterocycles. The van der Waals surface area contributed by atoms with Crippen LogP contribution in [0.1, 0.15) is 74.6 Å². The minimum Gasteiger partial charge on any atom is -0.441 e. The van der Waals surface area contributed by atoms with E-state index in [1.54, 1.807) is 0 Å². The Morgan fingerprint density at radius 1 is 0.885 bits per heavy atom. The molecule has 0 aliphatic heterocycles. The second-order valence-corrected chi connectivity index (χ2v) is 6.08. The van der Waals surface area contributed by atoms with Gasteiger partial charge in [0.2, 0.25) is 0 Å². The van der Waals surface area contributed by atoms with Crippen molar-refractivity contribution in [3.05, 3.63) is 67.2 Å². The zero-order chi connectivity index (χ0) is 20.1. The van der Waals surface area contributed by atoms with Crippen LogP contribution in [0.2, 0.25) is 0 Å². The van der Waals surface area contributed by atoms with Gasteiger partial charge < -0.3 is 4.42 Å². The highest BCUT2D eigenvalue weighted by Crippen LogP contribution is 2.38. The van der Waals surface area contributed by atoms with Crippen molar-refractivity contribution in [3.8, 4) is 11.3 Å². The number of nitrogens with zero attached hydrogens (tertiary/aromatic N) is 1. The van der Waals surface area contributed by atoms with Crippen molar-refractivity contribution in [2.45, 2.75) is 72.6 Å². The molecule has 0 spiro atoms. The minimum atomic E-state index is 0.581. The largest absolute Gasteiger partial charge is 0.441 e. The smallest absolute Gasteiger partial charge is 0.192 e. The molecule has 0 amide bonds. The number of hydrogen-bond acceptors (Lipinski definition) is 2. The monoisotopic (exact) mass is 355 g/mol. The van der Waals surface area contributed by atoms with Crippen LogP contribution in [0.4, 0.5) is 0 Å². The lowest BCUT2D eigenvalue weighted by atomic mass is 9.85. The van der Waals surface area contributed by atoms with Gasteiger partial charge in [-0.3, -0.25) is 0 Å². The molecule has 0 atom stereocenters. The van der Waals surface area contributed by atoms with Crippen LogP contribution in [0, 0.1) is 20.8 Å². The van der Waals surface area contributed by atoms with Gasteiger partial charge in [0.05, 0.1) is 5.69 Å². The third kappa shape index (κ3) is 6.33. The fourth-order valence-electron chi connectivity index (χ4n) is 3.19. The van der Waals surface area contributed by atoms with E-state index < -0.39 is 0 Å². The summed E-state index contributed by atoms with van der Waals surface area (Å²) in [6, 6.07) is 6.56. The van der Waals surface area contributed by atoms with Crippen molar-refractivity contribution in [2.24, 2.45) is 0 Å². The molecule has 1 aromatic heterocycles. The van der Waals surface area contributed by atoms with Gasteiger partial charge in [-0.2, -0.15) is 0 Å². The molecule has 26 heavy (non-hydrogen) atoms. The maximum atomic E-state index is 5.94. The minimum absolute atomic E-state index is 0.581. The van der Waals surface area contributed by atoms with Crippen molar-refractivity contribution in [1.29, 1.82) is 0 Å². The Kier molecular flexibility index (Phi) is 12.1. The van der Waals surface area contributed by atoms with Gasteiger partial charge >= 0.3 is 0 Å². The number of aromatic nitrogens is 1. The second kappa shape index (κ2) is 13.2. The number of benzene rings is 1. The first kappa shape index (κ1) is 23.9. The van der Waals surface area contributed by atoms with Gasteiger partial charge in [-0.05, 0) is 43.9 Å². The third-order valence-electron chi connectivity index (χ3n) is 4.52. The Bertz CT molecular complexity index is 634. The number of aryl methyl sites for hydroxylation is 3. The maximum Gasteiger partial charge on any atom is 0.192 e. The molecule has 0 unspecified atom stereocenters. The fraction of sp³-hybridized carbons (Fsp3) is 0.458. The first-order valence-corrected chi connectivity index (χ1v) is 9.70. The van der Waals surface area contributed by atoms with E-state index in [0.717, 1.165) is 11.7 Å².